The van der Waals surface area contributed by atoms with Gasteiger partial charge in [-0.25, -0.2) is 0 Å². The van der Waals surface area contributed by atoms with Crippen molar-refractivity contribution in [1.29, 1.82) is 0 Å². The van der Waals surface area contributed by atoms with Crippen LogP contribution in [0.1, 0.15) is 40.5 Å². The number of nitrogens with two attached hydrogens (primary N) is 1. The average Bonchev–Trinajstić information content (AvgIpc) is 2.28. The second-order valence-corrected chi connectivity index (χ2v) is 4.95. The number of ether oxygens (including phenoxy) is 2. The van der Waals surface area contributed by atoms with Crippen molar-refractivity contribution in [1.82, 2.24) is 9.97 Å². The summed E-state index contributed by atoms with van der Waals surface area (Å²) in [4.78, 5) is 8.02. The highest BCUT2D eigenvalue weighted by Gasteiger charge is 2.11. The van der Waals surface area contributed by atoms with Gasteiger partial charge in [0.15, 0.2) is 5.69 Å². The number of hydrogen-bond donors (Lipinski definition) is 1. The number of rotatable bonds is 7. The van der Waals surface area contributed by atoms with Gasteiger partial charge in [0, 0.05) is 0 Å². The van der Waals surface area contributed by atoms with Crippen LogP contribution in [0.5, 0.6) is 11.8 Å². The van der Waals surface area contributed by atoms with Crippen LogP contribution >= 0.6 is 0 Å². The Morgan fingerprint density at radius 3 is 2.44 bits per heavy atom. The second kappa shape index (κ2) is 7.03. The van der Waals surface area contributed by atoms with Gasteiger partial charge in [-0.05, 0) is 32.6 Å². The maximum Gasteiger partial charge on any atom is 0.244 e. The van der Waals surface area contributed by atoms with Gasteiger partial charge in [-0.15, -0.1) is 0 Å². The van der Waals surface area contributed by atoms with E-state index in [1.165, 1.54) is 6.33 Å². The van der Waals surface area contributed by atoms with Crippen LogP contribution in [-0.4, -0.2) is 22.7 Å². The molecule has 0 bridgehead atoms. The maximum absolute atomic E-state index is 5.90. The smallest absolute Gasteiger partial charge is 0.244 e. The van der Waals surface area contributed by atoms with E-state index in [2.05, 4.69) is 23.8 Å². The minimum absolute atomic E-state index is 0.0241. The van der Waals surface area contributed by atoms with E-state index >= 15 is 0 Å². The molecule has 5 heteroatoms. The van der Waals surface area contributed by atoms with Crippen molar-refractivity contribution in [3.8, 4) is 11.8 Å². The van der Waals surface area contributed by atoms with Crippen molar-refractivity contribution in [2.75, 3.05) is 12.3 Å². The summed E-state index contributed by atoms with van der Waals surface area (Å²) < 4.78 is 11.0. The maximum atomic E-state index is 5.90. The Labute approximate surface area is 109 Å². The Bertz CT molecular complexity index is 367. The molecule has 0 saturated heterocycles. The van der Waals surface area contributed by atoms with E-state index in [0.717, 1.165) is 12.8 Å². The number of aromatic nitrogens is 2. The molecular weight excluding hydrogens is 230 g/mol. The molecule has 0 unspecified atom stereocenters. The third-order valence-corrected chi connectivity index (χ3v) is 2.32. The number of nitrogen functional groups attached to an aromatic ring is 1. The summed E-state index contributed by atoms with van der Waals surface area (Å²) in [6, 6.07) is 0. The fourth-order valence-corrected chi connectivity index (χ4v) is 1.46. The summed E-state index contributed by atoms with van der Waals surface area (Å²) in [5, 5.41) is 0. The first-order valence-electron chi connectivity index (χ1n) is 6.40. The normalized spacial score (nSPS) is 11.0. The Hall–Kier alpha value is -1.52. The quantitative estimate of drug-likeness (QED) is 0.756. The average molecular weight is 253 g/mol. The van der Waals surface area contributed by atoms with E-state index in [-0.39, 0.29) is 6.10 Å². The highest BCUT2D eigenvalue weighted by molar-refractivity contribution is 5.55. The number of hydrogen-bond acceptors (Lipinski definition) is 5. The van der Waals surface area contributed by atoms with Gasteiger partial charge in [0.05, 0.1) is 12.7 Å². The van der Waals surface area contributed by atoms with Crippen LogP contribution in [0.2, 0.25) is 0 Å². The van der Waals surface area contributed by atoms with Gasteiger partial charge >= 0.3 is 0 Å². The Kier molecular flexibility index (Phi) is 5.68. The van der Waals surface area contributed by atoms with Crippen LogP contribution in [0.25, 0.3) is 0 Å². The molecule has 0 saturated carbocycles. The molecule has 0 spiro atoms. The molecular formula is C13H23N3O2. The zero-order chi connectivity index (χ0) is 13.5. The third-order valence-electron chi connectivity index (χ3n) is 2.32. The molecule has 0 fully saturated rings. The topological polar surface area (TPSA) is 70.3 Å². The first-order chi connectivity index (χ1) is 8.50. The van der Waals surface area contributed by atoms with E-state index in [9.17, 15) is 0 Å². The summed E-state index contributed by atoms with van der Waals surface area (Å²) in [7, 11) is 0. The lowest BCUT2D eigenvalue weighted by Crippen LogP contribution is -2.11. The predicted octanol–water partition coefficient (Wildman–Crippen LogP) is 2.66. The lowest BCUT2D eigenvalue weighted by Gasteiger charge is -2.13. The van der Waals surface area contributed by atoms with Crippen molar-refractivity contribution < 1.29 is 9.47 Å². The van der Waals surface area contributed by atoms with Gasteiger partial charge in [0.1, 0.15) is 6.33 Å². The van der Waals surface area contributed by atoms with E-state index < -0.39 is 0 Å². The standard InChI is InChI=1S/C13H23N3O2/c1-9(2)6-5-7-17-12-11(14)13(16-8-15-12)18-10(3)4/h8-10H,5-7,14H2,1-4H3. The molecule has 0 aliphatic heterocycles. The van der Waals surface area contributed by atoms with E-state index in [0.29, 0.717) is 30.0 Å². The van der Waals surface area contributed by atoms with Gasteiger partial charge in [0.2, 0.25) is 11.8 Å². The van der Waals surface area contributed by atoms with Gasteiger partial charge < -0.3 is 15.2 Å². The SMILES string of the molecule is CC(C)CCCOc1ncnc(OC(C)C)c1N. The molecule has 1 heterocycles. The molecule has 0 aliphatic rings. The van der Waals surface area contributed by atoms with Crippen LogP contribution < -0.4 is 15.2 Å². The molecule has 1 rings (SSSR count). The highest BCUT2D eigenvalue weighted by Crippen LogP contribution is 2.27. The molecule has 102 valence electrons. The van der Waals surface area contributed by atoms with Gasteiger partial charge in [-0.3, -0.25) is 0 Å². The van der Waals surface area contributed by atoms with Gasteiger partial charge in [0.25, 0.3) is 0 Å². The third kappa shape index (κ3) is 4.77. The molecule has 1 aromatic rings. The molecule has 0 amide bonds. The number of nitrogens with zero attached hydrogens (tertiary/aromatic N) is 2. The van der Waals surface area contributed by atoms with Gasteiger partial charge in [-0.1, -0.05) is 13.8 Å². The fraction of sp³-hybridized carbons (Fsp3) is 0.692. The summed E-state index contributed by atoms with van der Waals surface area (Å²) in [5.74, 6) is 1.47. The largest absolute Gasteiger partial charge is 0.476 e. The molecule has 18 heavy (non-hydrogen) atoms. The van der Waals surface area contributed by atoms with Crippen molar-refractivity contribution in [2.24, 2.45) is 5.92 Å². The first kappa shape index (κ1) is 14.5. The van der Waals surface area contributed by atoms with E-state index in [4.69, 9.17) is 15.2 Å². The second-order valence-electron chi connectivity index (χ2n) is 4.95. The summed E-state index contributed by atoms with van der Waals surface area (Å²) >= 11 is 0. The van der Waals surface area contributed by atoms with E-state index in [1.807, 2.05) is 13.8 Å². The van der Waals surface area contributed by atoms with Crippen LogP contribution in [-0.2, 0) is 0 Å². The molecule has 0 aromatic carbocycles. The molecule has 0 aliphatic carbocycles. The highest BCUT2D eigenvalue weighted by atomic mass is 16.5. The summed E-state index contributed by atoms with van der Waals surface area (Å²) in [5.41, 5.74) is 6.27. The lowest BCUT2D eigenvalue weighted by molar-refractivity contribution is 0.230. The molecule has 5 nitrogen and oxygen atoms in total. The zero-order valence-corrected chi connectivity index (χ0v) is 11.6. The Morgan fingerprint density at radius 2 is 1.83 bits per heavy atom. The predicted molar refractivity (Wildman–Crippen MR) is 71.8 cm³/mol. The fourth-order valence-electron chi connectivity index (χ4n) is 1.46. The molecule has 0 radical (unpaired) electrons. The van der Waals surface area contributed by atoms with Crippen molar-refractivity contribution >= 4 is 5.69 Å². The van der Waals surface area contributed by atoms with Gasteiger partial charge in [-0.2, -0.15) is 9.97 Å². The van der Waals surface area contributed by atoms with Crippen LogP contribution in [0, 0.1) is 5.92 Å². The molecule has 0 atom stereocenters. The Balaban J connectivity index is 2.55. The molecule has 2 N–H and O–H groups in total. The van der Waals surface area contributed by atoms with Crippen LogP contribution in [0.15, 0.2) is 6.33 Å². The van der Waals surface area contributed by atoms with Crippen molar-refractivity contribution in [3.05, 3.63) is 6.33 Å². The first-order valence-corrected chi connectivity index (χ1v) is 6.40. The minimum atomic E-state index is 0.0241. The monoisotopic (exact) mass is 253 g/mol. The number of anilines is 1. The van der Waals surface area contributed by atoms with Crippen LogP contribution in [0.3, 0.4) is 0 Å². The summed E-state index contributed by atoms with van der Waals surface area (Å²) in [6.07, 6.45) is 3.55. The van der Waals surface area contributed by atoms with E-state index in [1.54, 1.807) is 0 Å². The van der Waals surface area contributed by atoms with Crippen LogP contribution in [0.4, 0.5) is 5.69 Å². The Morgan fingerprint density at radius 1 is 1.17 bits per heavy atom. The lowest BCUT2D eigenvalue weighted by atomic mass is 10.1. The van der Waals surface area contributed by atoms with Crippen molar-refractivity contribution in [2.45, 2.75) is 46.6 Å². The molecule has 1 aromatic heterocycles. The minimum Gasteiger partial charge on any atom is -0.476 e. The van der Waals surface area contributed by atoms with Crippen molar-refractivity contribution in [3.63, 3.8) is 0 Å². The summed E-state index contributed by atoms with van der Waals surface area (Å²) in [6.45, 7) is 8.83. The zero-order valence-electron chi connectivity index (χ0n) is 11.6.